The van der Waals surface area contributed by atoms with Crippen molar-refractivity contribution in [2.24, 2.45) is 5.84 Å². The molecule has 2 rings (SSSR count). The summed E-state index contributed by atoms with van der Waals surface area (Å²) in [4.78, 5) is 15.0. The van der Waals surface area contributed by atoms with E-state index in [1.54, 1.807) is 0 Å². The van der Waals surface area contributed by atoms with Crippen LogP contribution in [-0.2, 0) is 0 Å². The second-order valence-electron chi connectivity index (χ2n) is 5.37. The van der Waals surface area contributed by atoms with E-state index in [9.17, 15) is 5.11 Å². The molecule has 0 atom stereocenters. The lowest BCUT2D eigenvalue weighted by Gasteiger charge is -2.28. The summed E-state index contributed by atoms with van der Waals surface area (Å²) in [5, 5.41) is 13.0. The Morgan fingerprint density at radius 1 is 1.14 bits per heavy atom. The van der Waals surface area contributed by atoms with E-state index in [1.165, 1.54) is 0 Å². The summed E-state index contributed by atoms with van der Waals surface area (Å²) in [5.74, 6) is 6.80. The van der Waals surface area contributed by atoms with Crippen LogP contribution in [0.5, 0.6) is 0 Å². The number of hydrogen-bond acceptors (Lipinski definition) is 8. The molecule has 0 unspecified atom stereocenters. The second kappa shape index (κ2) is 6.86. The molecule has 0 bridgehead atoms. The highest BCUT2D eigenvalue weighted by Crippen LogP contribution is 2.32. The van der Waals surface area contributed by atoms with Crippen molar-refractivity contribution >= 4 is 17.8 Å². The minimum absolute atomic E-state index is 0.0741. The zero-order chi connectivity index (χ0) is 15.3. The molecule has 0 spiro atoms. The lowest BCUT2D eigenvalue weighted by molar-refractivity contribution is 0.213. The molecule has 8 nitrogen and oxygen atoms in total. The molecule has 8 heteroatoms. The number of hydrazine groups is 1. The van der Waals surface area contributed by atoms with Crippen LogP contribution in [0, 0.1) is 0 Å². The minimum Gasteiger partial charge on any atom is -0.394 e. The molecule has 1 aliphatic carbocycles. The maximum absolute atomic E-state index is 9.69. The molecule has 1 saturated carbocycles. The lowest BCUT2D eigenvalue weighted by atomic mass is 9.99. The summed E-state index contributed by atoms with van der Waals surface area (Å²) >= 11 is 0. The quantitative estimate of drug-likeness (QED) is 0.430. The third-order valence-electron chi connectivity index (χ3n) is 4.04. The average Bonchev–Trinajstić information content (AvgIpc) is 2.97. The van der Waals surface area contributed by atoms with Crippen molar-refractivity contribution in [2.75, 3.05) is 35.3 Å². The Morgan fingerprint density at radius 2 is 1.76 bits per heavy atom. The summed E-state index contributed by atoms with van der Waals surface area (Å²) in [6, 6.07) is 0. The molecule has 5 N–H and O–H groups in total. The third-order valence-corrected chi connectivity index (χ3v) is 4.04. The molecular weight excluding hydrogens is 270 g/mol. The monoisotopic (exact) mass is 295 g/mol. The van der Waals surface area contributed by atoms with Gasteiger partial charge in [-0.2, -0.15) is 15.0 Å². The number of nitrogens with zero attached hydrogens (tertiary/aromatic N) is 4. The second-order valence-corrected chi connectivity index (χ2v) is 5.37. The van der Waals surface area contributed by atoms with Crippen molar-refractivity contribution in [3.05, 3.63) is 0 Å². The molecule has 1 aromatic rings. The lowest BCUT2D eigenvalue weighted by Crippen LogP contribution is -2.40. The number of nitrogens with one attached hydrogen (secondary N) is 2. The number of hydrogen-bond donors (Lipinski definition) is 4. The molecule has 0 aromatic carbocycles. The molecule has 1 heterocycles. The molecule has 0 aliphatic heterocycles. The Bertz CT molecular complexity index is 458. The van der Waals surface area contributed by atoms with E-state index in [4.69, 9.17) is 5.84 Å². The van der Waals surface area contributed by atoms with Crippen molar-refractivity contribution in [3.63, 3.8) is 0 Å². The standard InChI is InChI=1S/C13H25N7O/c1-3-20(4-2)12-16-10(15-11(17-12)19-14)18-13(9-21)7-5-6-8-13/h21H,3-9,14H2,1-2H3,(H2,15,16,17,18,19). The van der Waals surface area contributed by atoms with Crippen LogP contribution in [0.25, 0.3) is 0 Å². The molecule has 1 fully saturated rings. The highest BCUT2D eigenvalue weighted by atomic mass is 16.3. The van der Waals surface area contributed by atoms with E-state index in [-0.39, 0.29) is 12.1 Å². The fourth-order valence-corrected chi connectivity index (χ4v) is 2.74. The zero-order valence-corrected chi connectivity index (χ0v) is 12.8. The SMILES string of the molecule is CCN(CC)c1nc(NN)nc(NC2(CO)CCCC2)n1. The van der Waals surface area contributed by atoms with Crippen molar-refractivity contribution in [1.82, 2.24) is 15.0 Å². The largest absolute Gasteiger partial charge is 0.394 e. The van der Waals surface area contributed by atoms with Gasteiger partial charge in [0.15, 0.2) is 0 Å². The van der Waals surface area contributed by atoms with Crippen LogP contribution >= 0.6 is 0 Å². The van der Waals surface area contributed by atoms with Crippen LogP contribution in [-0.4, -0.2) is 45.3 Å². The van der Waals surface area contributed by atoms with Crippen LogP contribution in [0.2, 0.25) is 0 Å². The molecule has 118 valence electrons. The first-order valence-electron chi connectivity index (χ1n) is 7.53. The molecular formula is C13H25N7O. The van der Waals surface area contributed by atoms with Crippen LogP contribution in [0.3, 0.4) is 0 Å². The van der Waals surface area contributed by atoms with Gasteiger partial charge in [0.25, 0.3) is 0 Å². The van der Waals surface area contributed by atoms with Gasteiger partial charge in [-0.05, 0) is 26.7 Å². The topological polar surface area (TPSA) is 112 Å². The van der Waals surface area contributed by atoms with E-state index in [2.05, 4.69) is 25.7 Å². The van der Waals surface area contributed by atoms with Gasteiger partial charge in [0.2, 0.25) is 17.8 Å². The summed E-state index contributed by atoms with van der Waals surface area (Å²) in [6.07, 6.45) is 4.04. The van der Waals surface area contributed by atoms with Gasteiger partial charge in [-0.25, -0.2) is 5.84 Å². The molecule has 1 aliphatic rings. The Balaban J connectivity index is 2.27. The number of nitrogen functional groups attached to an aromatic ring is 1. The van der Waals surface area contributed by atoms with Crippen molar-refractivity contribution in [3.8, 4) is 0 Å². The molecule has 0 radical (unpaired) electrons. The summed E-state index contributed by atoms with van der Waals surface area (Å²) in [5.41, 5.74) is 2.15. The van der Waals surface area contributed by atoms with E-state index in [0.29, 0.717) is 17.8 Å². The van der Waals surface area contributed by atoms with E-state index >= 15 is 0 Å². The summed E-state index contributed by atoms with van der Waals surface area (Å²) in [6.45, 7) is 5.76. The average molecular weight is 295 g/mol. The summed E-state index contributed by atoms with van der Waals surface area (Å²) in [7, 11) is 0. The van der Waals surface area contributed by atoms with E-state index < -0.39 is 0 Å². The minimum atomic E-state index is -0.326. The number of aliphatic hydroxyl groups is 1. The van der Waals surface area contributed by atoms with Crippen molar-refractivity contribution < 1.29 is 5.11 Å². The van der Waals surface area contributed by atoms with Crippen molar-refractivity contribution in [1.29, 1.82) is 0 Å². The Kier molecular flexibility index (Phi) is 5.13. The normalized spacial score (nSPS) is 16.8. The predicted octanol–water partition coefficient (Wildman–Crippen LogP) is 0.720. The Labute approximate surface area is 125 Å². The number of aliphatic hydroxyl groups excluding tert-OH is 1. The van der Waals surface area contributed by atoms with Gasteiger partial charge in [0.1, 0.15) is 0 Å². The fraction of sp³-hybridized carbons (Fsp3) is 0.769. The maximum Gasteiger partial charge on any atom is 0.243 e. The number of nitrogens with two attached hydrogens (primary N) is 1. The van der Waals surface area contributed by atoms with Gasteiger partial charge in [-0.3, -0.25) is 5.43 Å². The Hall–Kier alpha value is -1.67. The third kappa shape index (κ3) is 3.51. The predicted molar refractivity (Wildman–Crippen MR) is 83.1 cm³/mol. The van der Waals surface area contributed by atoms with Gasteiger partial charge in [0.05, 0.1) is 12.1 Å². The molecule has 21 heavy (non-hydrogen) atoms. The number of rotatable bonds is 7. The van der Waals surface area contributed by atoms with Gasteiger partial charge >= 0.3 is 0 Å². The van der Waals surface area contributed by atoms with Gasteiger partial charge in [-0.15, -0.1) is 0 Å². The first kappa shape index (κ1) is 15.7. The molecule has 1 aromatic heterocycles. The zero-order valence-electron chi connectivity index (χ0n) is 12.8. The van der Waals surface area contributed by atoms with E-state index in [0.717, 1.165) is 38.8 Å². The molecule has 0 amide bonds. The first-order chi connectivity index (χ1) is 10.2. The fourth-order valence-electron chi connectivity index (χ4n) is 2.74. The van der Waals surface area contributed by atoms with E-state index in [1.807, 2.05) is 18.7 Å². The van der Waals surface area contributed by atoms with Gasteiger partial charge in [-0.1, -0.05) is 12.8 Å². The van der Waals surface area contributed by atoms with Gasteiger partial charge < -0.3 is 15.3 Å². The van der Waals surface area contributed by atoms with Crippen LogP contribution in [0.15, 0.2) is 0 Å². The number of anilines is 3. The first-order valence-corrected chi connectivity index (χ1v) is 7.53. The highest BCUT2D eigenvalue weighted by molar-refractivity contribution is 5.44. The van der Waals surface area contributed by atoms with Crippen LogP contribution < -0.4 is 21.5 Å². The molecule has 0 saturated heterocycles. The van der Waals surface area contributed by atoms with Gasteiger partial charge in [0, 0.05) is 13.1 Å². The summed E-state index contributed by atoms with van der Waals surface area (Å²) < 4.78 is 0. The van der Waals surface area contributed by atoms with Crippen LogP contribution in [0.4, 0.5) is 17.8 Å². The Morgan fingerprint density at radius 3 is 2.29 bits per heavy atom. The number of aromatic nitrogens is 3. The maximum atomic E-state index is 9.69. The highest BCUT2D eigenvalue weighted by Gasteiger charge is 2.34. The van der Waals surface area contributed by atoms with Crippen LogP contribution in [0.1, 0.15) is 39.5 Å². The van der Waals surface area contributed by atoms with Crippen molar-refractivity contribution in [2.45, 2.75) is 45.1 Å². The smallest absolute Gasteiger partial charge is 0.243 e.